The van der Waals surface area contributed by atoms with E-state index in [1.807, 2.05) is 12.1 Å². The zero-order chi connectivity index (χ0) is 20.4. The van der Waals surface area contributed by atoms with Gasteiger partial charge in [-0.1, -0.05) is 23.7 Å². The topological polar surface area (TPSA) is 90.5 Å². The van der Waals surface area contributed by atoms with Crippen LogP contribution in [0.2, 0.25) is 5.02 Å². The highest BCUT2D eigenvalue weighted by Gasteiger charge is 2.20. The summed E-state index contributed by atoms with van der Waals surface area (Å²) in [7, 11) is 0. The van der Waals surface area contributed by atoms with Crippen LogP contribution in [0.5, 0.6) is 0 Å². The number of non-ortho nitro benzene ring substituents is 1. The van der Waals surface area contributed by atoms with Crippen molar-refractivity contribution in [3.8, 4) is 16.8 Å². The number of hydrogen-bond acceptors (Lipinski definition) is 6. The number of halogens is 1. The number of morpholine rings is 1. The van der Waals surface area contributed by atoms with E-state index in [2.05, 4.69) is 10.00 Å². The molecule has 3 aromatic rings. The van der Waals surface area contributed by atoms with Crippen LogP contribution in [-0.2, 0) is 4.74 Å². The summed E-state index contributed by atoms with van der Waals surface area (Å²) in [5, 5.41) is 16.1. The zero-order valence-corrected chi connectivity index (χ0v) is 16.1. The smallest absolute Gasteiger partial charge is 0.272 e. The van der Waals surface area contributed by atoms with Gasteiger partial charge >= 0.3 is 0 Å². The molecule has 0 bridgehead atoms. The van der Waals surface area contributed by atoms with Crippen molar-refractivity contribution in [3.63, 3.8) is 0 Å². The van der Waals surface area contributed by atoms with E-state index in [4.69, 9.17) is 16.3 Å². The number of aromatic nitrogens is 2. The van der Waals surface area contributed by atoms with Gasteiger partial charge in [0.05, 0.1) is 23.8 Å². The second-order valence-corrected chi connectivity index (χ2v) is 6.95. The maximum atomic E-state index is 12.8. The molecule has 2 heterocycles. The summed E-state index contributed by atoms with van der Waals surface area (Å²) in [6.07, 6.45) is 0. The van der Waals surface area contributed by atoms with Crippen LogP contribution in [0, 0.1) is 10.1 Å². The maximum absolute atomic E-state index is 12.8. The van der Waals surface area contributed by atoms with Gasteiger partial charge in [-0.25, -0.2) is 0 Å². The summed E-state index contributed by atoms with van der Waals surface area (Å²) >= 11 is 6.00. The Hall–Kier alpha value is -3.23. The fourth-order valence-corrected chi connectivity index (χ4v) is 3.32. The molecule has 0 atom stereocenters. The van der Waals surface area contributed by atoms with Crippen molar-refractivity contribution in [2.75, 3.05) is 31.2 Å². The minimum Gasteiger partial charge on any atom is -0.378 e. The van der Waals surface area contributed by atoms with Gasteiger partial charge in [0, 0.05) is 41.9 Å². The van der Waals surface area contributed by atoms with Crippen molar-refractivity contribution in [2.24, 2.45) is 0 Å². The van der Waals surface area contributed by atoms with Crippen molar-refractivity contribution in [1.82, 2.24) is 9.78 Å². The second kappa shape index (κ2) is 8.02. The molecular formula is C20H17ClN4O4. The average Bonchev–Trinajstić information content (AvgIpc) is 2.75. The van der Waals surface area contributed by atoms with Crippen molar-refractivity contribution in [2.45, 2.75) is 0 Å². The van der Waals surface area contributed by atoms with Gasteiger partial charge in [0.15, 0.2) is 5.82 Å². The third kappa shape index (κ3) is 3.98. The number of anilines is 1. The first-order chi connectivity index (χ1) is 14.0. The lowest BCUT2D eigenvalue weighted by Gasteiger charge is -2.29. The number of hydrogen-bond donors (Lipinski definition) is 0. The molecule has 1 aliphatic rings. The number of ether oxygens (including phenoxy) is 1. The van der Waals surface area contributed by atoms with Crippen molar-refractivity contribution in [3.05, 3.63) is 80.1 Å². The van der Waals surface area contributed by atoms with Gasteiger partial charge in [0.2, 0.25) is 0 Å². The Morgan fingerprint density at radius 2 is 1.69 bits per heavy atom. The summed E-state index contributed by atoms with van der Waals surface area (Å²) in [5.41, 5.74) is 1.61. The van der Waals surface area contributed by atoms with Crippen LogP contribution < -0.4 is 10.5 Å². The Bertz CT molecular complexity index is 1090. The van der Waals surface area contributed by atoms with E-state index in [9.17, 15) is 14.9 Å². The summed E-state index contributed by atoms with van der Waals surface area (Å²) in [6, 6.07) is 14.5. The van der Waals surface area contributed by atoms with Gasteiger partial charge in [-0.2, -0.15) is 4.68 Å². The molecule has 0 unspecified atom stereocenters. The fourth-order valence-electron chi connectivity index (χ4n) is 3.20. The molecule has 4 rings (SSSR count). The van der Waals surface area contributed by atoms with Crippen LogP contribution in [0.4, 0.5) is 11.5 Å². The lowest BCUT2D eigenvalue weighted by Crippen LogP contribution is -2.38. The first-order valence-corrected chi connectivity index (χ1v) is 9.38. The van der Waals surface area contributed by atoms with Crippen LogP contribution in [0.1, 0.15) is 0 Å². The number of rotatable bonds is 4. The monoisotopic (exact) mass is 412 g/mol. The fraction of sp³-hybridized carbons (Fsp3) is 0.200. The molecule has 0 saturated carbocycles. The van der Waals surface area contributed by atoms with E-state index in [0.29, 0.717) is 48.4 Å². The summed E-state index contributed by atoms with van der Waals surface area (Å²) in [4.78, 5) is 25.3. The number of nitro benzene ring substituents is 1. The van der Waals surface area contributed by atoms with E-state index in [0.717, 1.165) is 5.56 Å². The summed E-state index contributed by atoms with van der Waals surface area (Å²) in [5.74, 6) is 0.647. The lowest BCUT2D eigenvalue weighted by molar-refractivity contribution is -0.384. The highest BCUT2D eigenvalue weighted by atomic mass is 35.5. The number of nitro groups is 1. The molecule has 148 valence electrons. The van der Waals surface area contributed by atoms with E-state index < -0.39 is 4.92 Å². The predicted octanol–water partition coefficient (Wildman–Crippen LogP) is 3.30. The van der Waals surface area contributed by atoms with Gasteiger partial charge in [-0.15, -0.1) is 5.10 Å². The molecule has 1 aromatic heterocycles. The van der Waals surface area contributed by atoms with Gasteiger partial charge in [-0.3, -0.25) is 14.9 Å². The third-order valence-electron chi connectivity index (χ3n) is 4.68. The third-order valence-corrected chi connectivity index (χ3v) is 4.94. The maximum Gasteiger partial charge on any atom is 0.272 e. The molecule has 0 aliphatic carbocycles. The average molecular weight is 413 g/mol. The first kappa shape index (κ1) is 19.1. The molecule has 0 N–H and O–H groups in total. The van der Waals surface area contributed by atoms with Crippen molar-refractivity contribution < 1.29 is 9.66 Å². The molecule has 29 heavy (non-hydrogen) atoms. The SMILES string of the molecule is O=c1cc(-c2ccc(Cl)cc2)c(N2CCOCC2)nn1-c1ccc([N+](=O)[O-])cc1. The zero-order valence-electron chi connectivity index (χ0n) is 15.3. The van der Waals surface area contributed by atoms with Gasteiger partial charge < -0.3 is 9.64 Å². The molecule has 2 aromatic carbocycles. The molecule has 0 radical (unpaired) electrons. The number of benzene rings is 2. The van der Waals surface area contributed by atoms with E-state index >= 15 is 0 Å². The highest BCUT2D eigenvalue weighted by molar-refractivity contribution is 6.30. The Labute approximate surface area is 171 Å². The van der Waals surface area contributed by atoms with E-state index in [1.54, 1.807) is 12.1 Å². The molecule has 0 amide bonds. The van der Waals surface area contributed by atoms with Gasteiger partial charge in [0.1, 0.15) is 0 Å². The Morgan fingerprint density at radius 1 is 1.03 bits per heavy atom. The minimum absolute atomic E-state index is 0.0482. The molecule has 1 aliphatic heterocycles. The second-order valence-electron chi connectivity index (χ2n) is 6.51. The molecule has 9 heteroatoms. The van der Waals surface area contributed by atoms with Crippen molar-refractivity contribution >= 4 is 23.1 Å². The molecule has 1 fully saturated rings. The van der Waals surface area contributed by atoms with E-state index in [1.165, 1.54) is 35.0 Å². The Kier molecular flexibility index (Phi) is 5.28. The Balaban J connectivity index is 1.84. The lowest BCUT2D eigenvalue weighted by atomic mass is 10.1. The van der Waals surface area contributed by atoms with E-state index in [-0.39, 0.29) is 11.2 Å². The molecule has 1 saturated heterocycles. The Morgan fingerprint density at radius 3 is 2.31 bits per heavy atom. The first-order valence-electron chi connectivity index (χ1n) is 9.01. The minimum atomic E-state index is -0.483. The molecule has 8 nitrogen and oxygen atoms in total. The normalized spacial score (nSPS) is 14.0. The van der Waals surface area contributed by atoms with Gasteiger partial charge in [0.25, 0.3) is 11.2 Å². The van der Waals surface area contributed by atoms with Crippen LogP contribution >= 0.6 is 11.6 Å². The summed E-state index contributed by atoms with van der Waals surface area (Å²) < 4.78 is 6.70. The summed E-state index contributed by atoms with van der Waals surface area (Å²) in [6.45, 7) is 2.43. The van der Waals surface area contributed by atoms with Crippen molar-refractivity contribution in [1.29, 1.82) is 0 Å². The van der Waals surface area contributed by atoms with Gasteiger partial charge in [-0.05, 0) is 29.8 Å². The predicted molar refractivity (Wildman–Crippen MR) is 110 cm³/mol. The van der Waals surface area contributed by atoms with Crippen LogP contribution in [0.15, 0.2) is 59.4 Å². The van der Waals surface area contributed by atoms with Crippen LogP contribution in [-0.4, -0.2) is 41.0 Å². The van der Waals surface area contributed by atoms with Crippen LogP contribution in [0.25, 0.3) is 16.8 Å². The largest absolute Gasteiger partial charge is 0.378 e. The molecule has 0 spiro atoms. The number of nitrogens with zero attached hydrogens (tertiary/aromatic N) is 4. The quantitative estimate of drug-likeness (QED) is 0.482. The standard InChI is InChI=1S/C20H17ClN4O4/c21-15-3-1-14(2-4-15)18-13-19(26)24(16-5-7-17(8-6-16)25(27)28)22-20(18)23-9-11-29-12-10-23/h1-8,13H,9-12H2. The highest BCUT2D eigenvalue weighted by Crippen LogP contribution is 2.29. The van der Waals surface area contributed by atoms with Crippen LogP contribution in [0.3, 0.4) is 0 Å². The molecular weight excluding hydrogens is 396 g/mol.